The summed E-state index contributed by atoms with van der Waals surface area (Å²) in [6.07, 6.45) is -4.91. The lowest BCUT2D eigenvalue weighted by Gasteiger charge is -2.17. The number of amides is 2. The first kappa shape index (κ1) is 63.2. The highest BCUT2D eigenvalue weighted by molar-refractivity contribution is 7.90. The van der Waals surface area contributed by atoms with Crippen LogP contribution in [0.2, 0.25) is 0 Å². The first-order valence-corrected chi connectivity index (χ1v) is 25.3. The summed E-state index contributed by atoms with van der Waals surface area (Å²) in [6, 6.07) is 13.9. The molecule has 5 rings (SSSR count). The number of nitrogens with one attached hydrogen (secondary N) is 2. The molecule has 0 aliphatic rings. The van der Waals surface area contributed by atoms with E-state index in [9.17, 15) is 72.5 Å². The number of nitrogens with zero attached hydrogens (tertiary/aromatic N) is 4. The Bertz CT molecular complexity index is 3150. The summed E-state index contributed by atoms with van der Waals surface area (Å²) in [6.45, 7) is -2.00. The Hall–Kier alpha value is -8.09. The Morgan fingerprint density at radius 3 is 1.97 bits per heavy atom. The van der Waals surface area contributed by atoms with Crippen molar-refractivity contribution in [3.63, 3.8) is 0 Å². The molecule has 33 heteroatoms. The number of esters is 1. The number of benzene rings is 3. The zero-order valence-corrected chi connectivity index (χ0v) is 42.3. The zero-order chi connectivity index (χ0) is 58.2. The molecule has 0 saturated heterocycles. The third-order valence-corrected chi connectivity index (χ3v) is 12.1. The highest BCUT2D eigenvalue weighted by atomic mass is 32.2. The van der Waals surface area contributed by atoms with Crippen LogP contribution in [-0.4, -0.2) is 112 Å². The SMILES string of the molecule is CCc1ccc(COc2ccc(-n3c(=O)cc(C(F)(F)F)n(C)c3=O)cc2)c(OC(C)C(=O)OC)c1.CP(=O)(O)CCC(N)C(=O)O.O=C(Nc1nc(OC(F)F)cc(OC(F)F)n1)NS(=O)(=O)c1ccccc1C(=O)O. The average Bonchev–Trinajstić information content (AvgIpc) is 3.33. The number of carbonyl (C=O) groups excluding carboxylic acids is 2. The fourth-order valence-corrected chi connectivity index (χ4v) is 7.75. The second-order valence-corrected chi connectivity index (χ2v) is 19.6. The summed E-state index contributed by atoms with van der Waals surface area (Å²) in [7, 11) is -5.60. The molecule has 0 fully saturated rings. The predicted molar refractivity (Wildman–Crippen MR) is 253 cm³/mol. The topological polar surface area (TPSA) is 346 Å². The molecular weight excluding hydrogens is 1090 g/mol. The molecule has 7 N–H and O–H groups in total. The summed E-state index contributed by atoms with van der Waals surface area (Å²) in [5.41, 5.74) is 2.65. The van der Waals surface area contributed by atoms with E-state index in [0.717, 1.165) is 31.2 Å². The molecule has 2 aromatic heterocycles. The maximum Gasteiger partial charge on any atom is 0.431 e. The number of alkyl halides is 7. The summed E-state index contributed by atoms with van der Waals surface area (Å²) in [5.74, 6) is -5.28. The van der Waals surface area contributed by atoms with E-state index in [-0.39, 0.29) is 24.9 Å². The van der Waals surface area contributed by atoms with E-state index >= 15 is 0 Å². The molecule has 0 aliphatic carbocycles. The summed E-state index contributed by atoms with van der Waals surface area (Å²) in [5, 5.41) is 19.0. The number of aromatic nitrogens is 4. The fraction of sp³-hybridized carbons (Fsp3) is 0.318. The van der Waals surface area contributed by atoms with Gasteiger partial charge in [0.2, 0.25) is 17.7 Å². The number of methoxy groups -OCH3 is 1. The summed E-state index contributed by atoms with van der Waals surface area (Å²) in [4.78, 5) is 84.2. The Morgan fingerprint density at radius 2 is 1.47 bits per heavy atom. The Kier molecular flexibility index (Phi) is 22.7. The van der Waals surface area contributed by atoms with Crippen LogP contribution in [0.1, 0.15) is 47.4 Å². The van der Waals surface area contributed by atoms with Crippen LogP contribution in [0.5, 0.6) is 23.3 Å². The van der Waals surface area contributed by atoms with E-state index in [4.69, 9.17) is 35.1 Å². The Morgan fingerprint density at radius 1 is 0.883 bits per heavy atom. The minimum atomic E-state index is -4.84. The van der Waals surface area contributed by atoms with Gasteiger partial charge in [-0.05, 0) is 67.8 Å². The third kappa shape index (κ3) is 19.8. The molecule has 3 atom stereocenters. The number of aromatic carboxylic acids is 1. The van der Waals surface area contributed by atoms with Crippen molar-refractivity contribution in [1.29, 1.82) is 0 Å². The molecule has 3 unspecified atom stereocenters. The Labute approximate surface area is 430 Å². The van der Waals surface area contributed by atoms with Crippen molar-refractivity contribution in [2.24, 2.45) is 12.8 Å². The number of aliphatic carboxylic acids is 1. The molecule has 0 saturated carbocycles. The fourth-order valence-electron chi connectivity index (χ4n) is 5.89. The van der Waals surface area contributed by atoms with Crippen molar-refractivity contribution < 1.29 is 102 Å². The van der Waals surface area contributed by atoms with Gasteiger partial charge >= 0.3 is 49.0 Å². The van der Waals surface area contributed by atoms with Gasteiger partial charge in [-0.15, -0.1) is 0 Å². The van der Waals surface area contributed by atoms with Gasteiger partial charge in [-0.25, -0.2) is 36.9 Å². The van der Waals surface area contributed by atoms with Gasteiger partial charge in [0.25, 0.3) is 15.6 Å². The molecule has 77 heavy (non-hydrogen) atoms. The molecule has 2 amide bonds. The quantitative estimate of drug-likeness (QED) is 0.0331. The number of nitrogens with two attached hydrogens (primary N) is 1. The monoisotopic (exact) mass is 1140 g/mol. The van der Waals surface area contributed by atoms with Crippen molar-refractivity contribution in [2.45, 2.75) is 69.7 Å². The molecule has 5 aromatic rings. The largest absolute Gasteiger partial charge is 0.489 e. The van der Waals surface area contributed by atoms with Crippen molar-refractivity contribution in [3.8, 4) is 28.9 Å². The minimum Gasteiger partial charge on any atom is -0.489 e. The molecule has 0 radical (unpaired) electrons. The smallest absolute Gasteiger partial charge is 0.431 e. The van der Waals surface area contributed by atoms with Gasteiger partial charge in [0.1, 0.15) is 34.7 Å². The molecule has 3 aromatic carbocycles. The van der Waals surface area contributed by atoms with E-state index < -0.39 is 118 Å². The lowest BCUT2D eigenvalue weighted by molar-refractivity contribution is -0.148. The van der Waals surface area contributed by atoms with Crippen molar-refractivity contribution in [1.82, 2.24) is 23.8 Å². The van der Waals surface area contributed by atoms with Crippen LogP contribution in [0.3, 0.4) is 0 Å². The standard InChI is InChI=1S/C25H25F3N2O6.C14H10F4N4O7S.C5H12NO4P/c1-5-16-6-7-17(20(12-16)36-15(2)23(32)34-4)14-35-19-10-8-18(9-11-19)30-22(31)13-21(25(26,27)28)29(3)24(30)33;15-11(16)28-8-5-9(29-12(17)18)20-13(19-8)21-14(25)22-30(26,27)7-4-2-1-3-6(7)10(23)24;1-11(9,10)3-2-4(6)5(7)8/h6-13,15H,5,14H2,1-4H3;1-5,11-12H,(H,23,24)(H2,19,20,21,22,25);4H,2-3,6H2,1H3,(H,7,8)(H,9,10). The van der Waals surface area contributed by atoms with Gasteiger partial charge in [-0.1, -0.05) is 31.2 Å². The van der Waals surface area contributed by atoms with E-state index in [1.165, 1.54) is 54.9 Å². The second kappa shape index (κ2) is 27.6. The normalized spacial score (nSPS) is 12.8. The van der Waals surface area contributed by atoms with Gasteiger partial charge in [0, 0.05) is 31.5 Å². The van der Waals surface area contributed by atoms with Crippen LogP contribution < -0.4 is 46.0 Å². The van der Waals surface area contributed by atoms with E-state index in [1.807, 2.05) is 25.1 Å². The van der Waals surface area contributed by atoms with Crippen LogP contribution in [0.4, 0.5) is 41.5 Å². The molecule has 0 spiro atoms. The maximum absolute atomic E-state index is 13.1. The number of carbonyl (C=O) groups is 4. The second-order valence-electron chi connectivity index (χ2n) is 15.4. The lowest BCUT2D eigenvalue weighted by Crippen LogP contribution is -2.40. The van der Waals surface area contributed by atoms with Gasteiger partial charge in [-0.2, -0.15) is 40.7 Å². The number of rotatable bonds is 20. The number of urea groups is 1. The van der Waals surface area contributed by atoms with Gasteiger partial charge in [-0.3, -0.25) is 24.0 Å². The van der Waals surface area contributed by atoms with Crippen molar-refractivity contribution >= 4 is 47.3 Å². The van der Waals surface area contributed by atoms with Gasteiger partial charge in [0.05, 0.1) is 24.4 Å². The number of hydrogen-bond donors (Lipinski definition) is 6. The zero-order valence-electron chi connectivity index (χ0n) is 40.6. The Balaban J connectivity index is 0.000000343. The van der Waals surface area contributed by atoms with Crippen LogP contribution in [-0.2, 0) is 55.2 Å². The molecular formula is C44H47F7N7O17PS. The number of halogens is 7. The van der Waals surface area contributed by atoms with E-state index in [2.05, 4.69) is 19.4 Å². The number of anilines is 1. The molecule has 2 heterocycles. The van der Waals surface area contributed by atoms with Crippen LogP contribution in [0, 0.1) is 0 Å². The number of aryl methyl sites for hydroxylation is 1. The molecule has 0 aliphatic heterocycles. The first-order chi connectivity index (χ1) is 35.8. The van der Waals surface area contributed by atoms with Gasteiger partial charge < -0.3 is 44.5 Å². The first-order valence-electron chi connectivity index (χ1n) is 21.5. The molecule has 420 valence electrons. The molecule has 24 nitrogen and oxygen atoms in total. The molecule has 0 bridgehead atoms. The highest BCUT2D eigenvalue weighted by Gasteiger charge is 2.35. The highest BCUT2D eigenvalue weighted by Crippen LogP contribution is 2.36. The third-order valence-electron chi connectivity index (χ3n) is 9.61. The number of ether oxygens (including phenoxy) is 5. The van der Waals surface area contributed by atoms with Crippen LogP contribution in [0.15, 0.2) is 93.3 Å². The minimum absolute atomic E-state index is 0.0412. The van der Waals surface area contributed by atoms with Crippen LogP contribution >= 0.6 is 7.37 Å². The summed E-state index contributed by atoms with van der Waals surface area (Å²) < 4.78 is 150. The number of hydrogen-bond acceptors (Lipinski definition) is 17. The van der Waals surface area contributed by atoms with Crippen LogP contribution in [0.25, 0.3) is 5.69 Å². The van der Waals surface area contributed by atoms with Gasteiger partial charge in [0.15, 0.2) is 13.5 Å². The van der Waals surface area contributed by atoms with Crippen molar-refractivity contribution in [2.75, 3.05) is 25.3 Å². The number of carboxylic acid groups (broad SMARTS) is 2. The number of sulfonamides is 1. The van der Waals surface area contributed by atoms with Crippen molar-refractivity contribution in [3.05, 3.63) is 122 Å². The van der Waals surface area contributed by atoms with E-state index in [1.54, 1.807) is 12.2 Å². The predicted octanol–water partition coefficient (Wildman–Crippen LogP) is 5.21. The number of carboxylic acids is 2. The maximum atomic E-state index is 13.1. The summed E-state index contributed by atoms with van der Waals surface area (Å²) >= 11 is 0. The average molecular weight is 1140 g/mol. The van der Waals surface area contributed by atoms with E-state index in [0.29, 0.717) is 38.3 Å². The lowest BCUT2D eigenvalue weighted by atomic mass is 10.1.